The van der Waals surface area contributed by atoms with Gasteiger partial charge in [0.25, 0.3) is 0 Å². The van der Waals surface area contributed by atoms with Crippen LogP contribution in [0.1, 0.15) is 31.4 Å². The fraction of sp³-hybridized carbons (Fsp3) is 0.429. The Morgan fingerprint density at radius 3 is 2.28 bits per heavy atom. The van der Waals surface area contributed by atoms with Gasteiger partial charge < -0.3 is 10.1 Å². The molecule has 1 N–H and O–H groups in total. The first-order valence-corrected chi connectivity index (χ1v) is 6.15. The average Bonchev–Trinajstić information content (AvgIpc) is 2.37. The van der Waals surface area contributed by atoms with Crippen molar-refractivity contribution in [2.45, 2.75) is 33.3 Å². The lowest BCUT2D eigenvalue weighted by Gasteiger charge is -2.05. The van der Waals surface area contributed by atoms with E-state index < -0.39 is 0 Å². The maximum Gasteiger partial charge on any atom is 0.305 e. The van der Waals surface area contributed by atoms with Gasteiger partial charge in [0.05, 0.1) is 6.42 Å². The SMILES string of the molecule is CCNC(=O)Cc1ccc(COC(=O)CC)cc1. The highest BCUT2D eigenvalue weighted by Gasteiger charge is 2.03. The number of hydrogen-bond acceptors (Lipinski definition) is 3. The number of likely N-dealkylation sites (N-methyl/N-ethyl adjacent to an activating group) is 1. The molecule has 1 amide bonds. The fourth-order valence-corrected chi connectivity index (χ4v) is 1.46. The smallest absolute Gasteiger partial charge is 0.305 e. The number of benzene rings is 1. The van der Waals surface area contributed by atoms with E-state index in [-0.39, 0.29) is 18.5 Å². The highest BCUT2D eigenvalue weighted by Crippen LogP contribution is 2.07. The Balaban J connectivity index is 2.47. The van der Waals surface area contributed by atoms with Crippen LogP contribution in [-0.2, 0) is 27.4 Å². The minimum Gasteiger partial charge on any atom is -0.461 e. The lowest BCUT2D eigenvalue weighted by Crippen LogP contribution is -2.24. The highest BCUT2D eigenvalue weighted by atomic mass is 16.5. The number of nitrogens with one attached hydrogen (secondary N) is 1. The number of carbonyl (C=O) groups is 2. The van der Waals surface area contributed by atoms with Gasteiger partial charge in [0.2, 0.25) is 5.91 Å². The molecule has 0 heterocycles. The summed E-state index contributed by atoms with van der Waals surface area (Å²) < 4.78 is 5.02. The lowest BCUT2D eigenvalue weighted by molar-refractivity contribution is -0.144. The molecule has 4 heteroatoms. The van der Waals surface area contributed by atoms with Gasteiger partial charge >= 0.3 is 5.97 Å². The van der Waals surface area contributed by atoms with Crippen molar-refractivity contribution in [3.05, 3.63) is 35.4 Å². The van der Waals surface area contributed by atoms with Gasteiger partial charge in [-0.3, -0.25) is 9.59 Å². The number of rotatable bonds is 6. The van der Waals surface area contributed by atoms with E-state index >= 15 is 0 Å². The van der Waals surface area contributed by atoms with Crippen LogP contribution in [0.4, 0.5) is 0 Å². The van der Waals surface area contributed by atoms with Crippen molar-refractivity contribution in [3.8, 4) is 0 Å². The maximum absolute atomic E-state index is 11.4. The van der Waals surface area contributed by atoms with Gasteiger partial charge in [0.1, 0.15) is 6.61 Å². The van der Waals surface area contributed by atoms with Crippen LogP contribution in [0, 0.1) is 0 Å². The first-order chi connectivity index (χ1) is 8.65. The molecule has 0 unspecified atom stereocenters. The molecule has 0 fully saturated rings. The number of esters is 1. The van der Waals surface area contributed by atoms with Crippen LogP contribution < -0.4 is 5.32 Å². The van der Waals surface area contributed by atoms with Crippen LogP contribution in [0.15, 0.2) is 24.3 Å². The van der Waals surface area contributed by atoms with Crippen LogP contribution in [0.2, 0.25) is 0 Å². The van der Waals surface area contributed by atoms with E-state index in [0.717, 1.165) is 11.1 Å². The molecule has 18 heavy (non-hydrogen) atoms. The third-order valence-corrected chi connectivity index (χ3v) is 2.45. The van der Waals surface area contributed by atoms with E-state index in [0.29, 0.717) is 19.4 Å². The van der Waals surface area contributed by atoms with Gasteiger partial charge in [0, 0.05) is 13.0 Å². The van der Waals surface area contributed by atoms with Crippen molar-refractivity contribution < 1.29 is 14.3 Å². The quantitative estimate of drug-likeness (QED) is 0.782. The molecular weight excluding hydrogens is 230 g/mol. The number of carbonyl (C=O) groups excluding carboxylic acids is 2. The van der Waals surface area contributed by atoms with Gasteiger partial charge in [0.15, 0.2) is 0 Å². The molecule has 0 radical (unpaired) electrons. The second kappa shape index (κ2) is 7.48. The molecule has 0 atom stereocenters. The largest absolute Gasteiger partial charge is 0.461 e. The second-order valence-electron chi connectivity index (χ2n) is 3.96. The first-order valence-electron chi connectivity index (χ1n) is 6.15. The van der Waals surface area contributed by atoms with Crippen molar-refractivity contribution in [2.24, 2.45) is 0 Å². The fourth-order valence-electron chi connectivity index (χ4n) is 1.46. The Morgan fingerprint density at radius 2 is 1.72 bits per heavy atom. The molecule has 0 aliphatic rings. The zero-order valence-electron chi connectivity index (χ0n) is 10.9. The molecule has 1 aromatic carbocycles. The Morgan fingerprint density at radius 1 is 1.11 bits per heavy atom. The minimum atomic E-state index is -0.207. The van der Waals surface area contributed by atoms with Crippen molar-refractivity contribution in [1.82, 2.24) is 5.32 Å². The van der Waals surface area contributed by atoms with Crippen LogP contribution in [-0.4, -0.2) is 18.4 Å². The van der Waals surface area contributed by atoms with Crippen molar-refractivity contribution >= 4 is 11.9 Å². The topological polar surface area (TPSA) is 55.4 Å². The molecule has 0 aliphatic heterocycles. The van der Waals surface area contributed by atoms with Crippen LogP contribution >= 0.6 is 0 Å². The van der Waals surface area contributed by atoms with Crippen molar-refractivity contribution in [3.63, 3.8) is 0 Å². The number of amides is 1. The molecule has 98 valence electrons. The van der Waals surface area contributed by atoms with Gasteiger partial charge in [-0.2, -0.15) is 0 Å². The molecule has 1 aromatic rings. The third kappa shape index (κ3) is 4.99. The molecule has 0 spiro atoms. The summed E-state index contributed by atoms with van der Waals surface area (Å²) in [5.74, 6) is -0.191. The summed E-state index contributed by atoms with van der Waals surface area (Å²) in [5, 5.41) is 2.75. The van der Waals surface area contributed by atoms with E-state index in [4.69, 9.17) is 4.74 Å². The van der Waals surface area contributed by atoms with E-state index in [9.17, 15) is 9.59 Å². The van der Waals surface area contributed by atoms with Gasteiger partial charge in [-0.1, -0.05) is 31.2 Å². The summed E-state index contributed by atoms with van der Waals surface area (Å²) in [7, 11) is 0. The standard InChI is InChI=1S/C14H19NO3/c1-3-14(17)18-10-12-7-5-11(6-8-12)9-13(16)15-4-2/h5-8H,3-4,9-10H2,1-2H3,(H,15,16). The van der Waals surface area contributed by atoms with Gasteiger partial charge in [-0.05, 0) is 18.1 Å². The zero-order valence-corrected chi connectivity index (χ0v) is 10.9. The molecule has 1 rings (SSSR count). The summed E-state index contributed by atoms with van der Waals surface area (Å²) in [4.78, 5) is 22.4. The van der Waals surface area contributed by atoms with Crippen molar-refractivity contribution in [1.29, 1.82) is 0 Å². The number of ether oxygens (including phenoxy) is 1. The maximum atomic E-state index is 11.4. The lowest BCUT2D eigenvalue weighted by atomic mass is 10.1. The summed E-state index contributed by atoms with van der Waals surface area (Å²) in [6.07, 6.45) is 0.762. The summed E-state index contributed by atoms with van der Waals surface area (Å²) in [6.45, 7) is 4.58. The molecular formula is C14H19NO3. The summed E-state index contributed by atoms with van der Waals surface area (Å²) >= 11 is 0. The van der Waals surface area contributed by atoms with E-state index in [1.807, 2.05) is 31.2 Å². The normalized spacial score (nSPS) is 9.89. The Kier molecular flexibility index (Phi) is 5.91. The molecule has 4 nitrogen and oxygen atoms in total. The Hall–Kier alpha value is -1.84. The average molecular weight is 249 g/mol. The molecule has 0 bridgehead atoms. The molecule has 0 saturated carbocycles. The van der Waals surface area contributed by atoms with E-state index in [1.54, 1.807) is 6.92 Å². The first kappa shape index (κ1) is 14.2. The van der Waals surface area contributed by atoms with Gasteiger partial charge in [-0.15, -0.1) is 0 Å². The summed E-state index contributed by atoms with van der Waals surface area (Å²) in [6, 6.07) is 7.50. The summed E-state index contributed by atoms with van der Waals surface area (Å²) in [5.41, 5.74) is 1.88. The van der Waals surface area contributed by atoms with Crippen LogP contribution in [0.25, 0.3) is 0 Å². The van der Waals surface area contributed by atoms with E-state index in [1.165, 1.54) is 0 Å². The van der Waals surface area contributed by atoms with E-state index in [2.05, 4.69) is 5.32 Å². The van der Waals surface area contributed by atoms with Crippen LogP contribution in [0.5, 0.6) is 0 Å². The third-order valence-electron chi connectivity index (χ3n) is 2.45. The predicted octanol–water partition coefficient (Wildman–Crippen LogP) is 1.82. The predicted molar refractivity (Wildman–Crippen MR) is 68.9 cm³/mol. The highest BCUT2D eigenvalue weighted by molar-refractivity contribution is 5.78. The monoisotopic (exact) mass is 249 g/mol. The van der Waals surface area contributed by atoms with Gasteiger partial charge in [-0.25, -0.2) is 0 Å². The zero-order chi connectivity index (χ0) is 13.4. The second-order valence-corrected chi connectivity index (χ2v) is 3.96. The molecule has 0 aliphatic carbocycles. The van der Waals surface area contributed by atoms with Crippen LogP contribution in [0.3, 0.4) is 0 Å². The Labute approximate surface area is 107 Å². The Bertz CT molecular complexity index is 398. The molecule has 0 saturated heterocycles. The number of hydrogen-bond donors (Lipinski definition) is 1. The van der Waals surface area contributed by atoms with Crippen molar-refractivity contribution in [2.75, 3.05) is 6.54 Å². The minimum absolute atomic E-state index is 0.0164. The molecule has 0 aromatic heterocycles.